The molecule has 2 rings (SSSR count). The molecule has 1 N–H and O–H groups in total. The number of hydrogen-bond donors (Lipinski definition) is 1. The lowest BCUT2D eigenvalue weighted by Gasteiger charge is -2.11. The van der Waals surface area contributed by atoms with E-state index in [0.717, 1.165) is 6.42 Å². The topological polar surface area (TPSA) is 103 Å². The Hall–Kier alpha value is -3.42. The Morgan fingerprint density at radius 3 is 2.57 bits per heavy atom. The van der Waals surface area contributed by atoms with Crippen LogP contribution in [-0.4, -0.2) is 29.8 Å². The summed E-state index contributed by atoms with van der Waals surface area (Å²) in [4.78, 5) is 22.7. The largest absolute Gasteiger partial charge is 0.494 e. The van der Waals surface area contributed by atoms with Gasteiger partial charge in [-0.05, 0) is 50.6 Å². The molecule has 8 nitrogen and oxygen atoms in total. The molecule has 0 aromatic heterocycles. The number of nitro groups is 1. The summed E-state index contributed by atoms with van der Waals surface area (Å²) in [5.74, 6) is 0.722. The number of nitrogens with one attached hydrogen (secondary N) is 1. The molecule has 0 heterocycles. The molecule has 148 valence electrons. The molecule has 0 atom stereocenters. The summed E-state index contributed by atoms with van der Waals surface area (Å²) in [6.45, 7) is 6.31. The van der Waals surface area contributed by atoms with Crippen LogP contribution < -0.4 is 14.9 Å². The van der Waals surface area contributed by atoms with Crippen molar-refractivity contribution in [1.29, 1.82) is 0 Å². The first-order chi connectivity index (χ1) is 13.4. The lowest BCUT2D eigenvalue weighted by Crippen LogP contribution is -2.17. The van der Waals surface area contributed by atoms with Crippen molar-refractivity contribution in [2.45, 2.75) is 33.3 Å². The molecule has 0 aliphatic heterocycles. The summed E-state index contributed by atoms with van der Waals surface area (Å²) in [6, 6.07) is 10.9. The van der Waals surface area contributed by atoms with E-state index in [-0.39, 0.29) is 11.8 Å². The average Bonchev–Trinajstić information content (AvgIpc) is 2.67. The van der Waals surface area contributed by atoms with Gasteiger partial charge in [-0.2, -0.15) is 5.10 Å². The van der Waals surface area contributed by atoms with Gasteiger partial charge < -0.3 is 9.47 Å². The fourth-order valence-corrected chi connectivity index (χ4v) is 2.26. The van der Waals surface area contributed by atoms with Crippen molar-refractivity contribution >= 4 is 17.8 Å². The van der Waals surface area contributed by atoms with E-state index in [9.17, 15) is 14.9 Å². The Morgan fingerprint density at radius 1 is 1.25 bits per heavy atom. The van der Waals surface area contributed by atoms with Gasteiger partial charge in [0.2, 0.25) is 0 Å². The highest BCUT2D eigenvalue weighted by Gasteiger charge is 2.12. The second-order valence-corrected chi connectivity index (χ2v) is 6.22. The van der Waals surface area contributed by atoms with Crippen LogP contribution in [0.2, 0.25) is 0 Å². The third kappa shape index (κ3) is 6.08. The van der Waals surface area contributed by atoms with Gasteiger partial charge >= 0.3 is 0 Å². The van der Waals surface area contributed by atoms with Crippen LogP contribution in [0.15, 0.2) is 47.6 Å². The van der Waals surface area contributed by atoms with Gasteiger partial charge in [-0.1, -0.05) is 6.92 Å². The molecular formula is C20H23N3O5. The van der Waals surface area contributed by atoms with Crippen LogP contribution in [0.25, 0.3) is 0 Å². The number of non-ortho nitro benzene ring substituents is 1. The number of ether oxygens (including phenoxy) is 2. The van der Waals surface area contributed by atoms with Gasteiger partial charge in [-0.15, -0.1) is 0 Å². The average molecular weight is 385 g/mol. The quantitative estimate of drug-likeness (QED) is 0.400. The Kier molecular flexibility index (Phi) is 7.50. The third-order valence-electron chi connectivity index (χ3n) is 3.53. The molecule has 0 unspecified atom stereocenters. The number of carbonyl (C=O) groups is 1. The van der Waals surface area contributed by atoms with Gasteiger partial charge in [0.1, 0.15) is 11.5 Å². The van der Waals surface area contributed by atoms with Crippen LogP contribution in [0.5, 0.6) is 11.5 Å². The highest BCUT2D eigenvalue weighted by molar-refractivity contribution is 5.95. The molecule has 28 heavy (non-hydrogen) atoms. The van der Waals surface area contributed by atoms with Crippen LogP contribution >= 0.6 is 0 Å². The number of rotatable bonds is 9. The molecule has 1 amide bonds. The number of hydrogen-bond acceptors (Lipinski definition) is 6. The van der Waals surface area contributed by atoms with Crippen molar-refractivity contribution in [3.05, 3.63) is 63.7 Å². The number of benzene rings is 2. The first kappa shape index (κ1) is 20.9. The van der Waals surface area contributed by atoms with Gasteiger partial charge in [0.15, 0.2) is 0 Å². The molecule has 0 radical (unpaired) electrons. The van der Waals surface area contributed by atoms with Crippen molar-refractivity contribution in [3.8, 4) is 11.5 Å². The minimum absolute atomic E-state index is 0.0912. The smallest absolute Gasteiger partial charge is 0.271 e. The van der Waals surface area contributed by atoms with E-state index < -0.39 is 10.8 Å². The fraction of sp³-hybridized carbons (Fsp3) is 0.300. The Bertz CT molecular complexity index is 847. The zero-order valence-electron chi connectivity index (χ0n) is 16.0. The predicted molar refractivity (Wildman–Crippen MR) is 106 cm³/mol. The van der Waals surface area contributed by atoms with E-state index in [0.29, 0.717) is 29.2 Å². The second kappa shape index (κ2) is 10.1. The van der Waals surface area contributed by atoms with E-state index >= 15 is 0 Å². The van der Waals surface area contributed by atoms with Crippen LogP contribution in [0, 0.1) is 10.1 Å². The number of amides is 1. The number of nitrogens with zero attached hydrogens (tertiary/aromatic N) is 2. The van der Waals surface area contributed by atoms with E-state index in [4.69, 9.17) is 9.47 Å². The monoisotopic (exact) mass is 385 g/mol. The van der Waals surface area contributed by atoms with E-state index in [2.05, 4.69) is 10.5 Å². The Balaban J connectivity index is 2.09. The standard InChI is InChI=1S/C20H23N3O5/c1-4-11-27-18-8-5-15(6-9-18)20(24)22-21-13-16-12-17(23(25)26)7-10-19(16)28-14(2)3/h5-10,12-14H,4,11H2,1-3H3,(H,22,24)/b21-13-. The summed E-state index contributed by atoms with van der Waals surface area (Å²) in [7, 11) is 0. The minimum Gasteiger partial charge on any atom is -0.494 e. The zero-order chi connectivity index (χ0) is 20.5. The Morgan fingerprint density at radius 2 is 1.96 bits per heavy atom. The molecule has 0 aliphatic rings. The molecule has 0 aliphatic carbocycles. The van der Waals surface area contributed by atoms with Gasteiger partial charge in [0, 0.05) is 23.3 Å². The van der Waals surface area contributed by atoms with Crippen molar-refractivity contribution in [2.24, 2.45) is 5.10 Å². The normalized spacial score (nSPS) is 10.9. The number of hydrazone groups is 1. The van der Waals surface area contributed by atoms with E-state index in [1.165, 1.54) is 24.4 Å². The Labute approximate surface area is 163 Å². The number of nitro benzene ring substituents is 1. The maximum Gasteiger partial charge on any atom is 0.271 e. The molecule has 0 saturated heterocycles. The van der Waals surface area contributed by atoms with E-state index in [1.54, 1.807) is 24.3 Å². The van der Waals surface area contributed by atoms with Crippen LogP contribution in [0.4, 0.5) is 5.69 Å². The van der Waals surface area contributed by atoms with Crippen LogP contribution in [-0.2, 0) is 0 Å². The SMILES string of the molecule is CCCOc1ccc(C(=O)N/N=C\c2cc([N+](=O)[O-])ccc2OC(C)C)cc1. The molecule has 0 bridgehead atoms. The minimum atomic E-state index is -0.503. The van der Waals surface area contributed by atoms with Gasteiger partial charge in [-0.25, -0.2) is 5.43 Å². The zero-order valence-corrected chi connectivity index (χ0v) is 16.0. The molecular weight excluding hydrogens is 362 g/mol. The fourth-order valence-electron chi connectivity index (χ4n) is 2.26. The third-order valence-corrected chi connectivity index (χ3v) is 3.53. The lowest BCUT2D eigenvalue weighted by molar-refractivity contribution is -0.384. The highest BCUT2D eigenvalue weighted by Crippen LogP contribution is 2.23. The molecule has 0 spiro atoms. The second-order valence-electron chi connectivity index (χ2n) is 6.22. The van der Waals surface area contributed by atoms with Crippen molar-refractivity contribution in [1.82, 2.24) is 5.43 Å². The maximum atomic E-state index is 12.2. The molecule has 2 aromatic rings. The van der Waals surface area contributed by atoms with Crippen molar-refractivity contribution < 1.29 is 19.2 Å². The summed E-state index contributed by atoms with van der Waals surface area (Å²) >= 11 is 0. The predicted octanol–water partition coefficient (Wildman–Crippen LogP) is 3.93. The van der Waals surface area contributed by atoms with Crippen molar-refractivity contribution in [3.63, 3.8) is 0 Å². The van der Waals surface area contributed by atoms with Crippen LogP contribution in [0.3, 0.4) is 0 Å². The van der Waals surface area contributed by atoms with Gasteiger partial charge in [-0.3, -0.25) is 14.9 Å². The molecule has 2 aromatic carbocycles. The van der Waals surface area contributed by atoms with Crippen LogP contribution in [0.1, 0.15) is 43.1 Å². The number of carbonyl (C=O) groups excluding carboxylic acids is 1. The molecule has 0 fully saturated rings. The summed E-state index contributed by atoms with van der Waals surface area (Å²) in [5.41, 5.74) is 3.12. The summed E-state index contributed by atoms with van der Waals surface area (Å²) in [6.07, 6.45) is 2.11. The first-order valence-electron chi connectivity index (χ1n) is 8.92. The molecule has 0 saturated carbocycles. The van der Waals surface area contributed by atoms with Crippen molar-refractivity contribution in [2.75, 3.05) is 6.61 Å². The van der Waals surface area contributed by atoms with Gasteiger partial charge in [0.25, 0.3) is 11.6 Å². The maximum absolute atomic E-state index is 12.2. The molecule has 8 heteroatoms. The van der Waals surface area contributed by atoms with Gasteiger partial charge in [0.05, 0.1) is 23.8 Å². The first-order valence-corrected chi connectivity index (χ1v) is 8.92. The highest BCUT2D eigenvalue weighted by atomic mass is 16.6. The summed E-state index contributed by atoms with van der Waals surface area (Å²) < 4.78 is 11.1. The van der Waals surface area contributed by atoms with E-state index in [1.807, 2.05) is 20.8 Å². The summed E-state index contributed by atoms with van der Waals surface area (Å²) in [5, 5.41) is 14.9. The lowest BCUT2D eigenvalue weighted by atomic mass is 10.2.